The van der Waals surface area contributed by atoms with E-state index >= 15 is 0 Å². The van der Waals surface area contributed by atoms with Crippen molar-refractivity contribution in [1.29, 1.82) is 0 Å². The van der Waals surface area contributed by atoms with E-state index in [1.54, 1.807) is 0 Å². The highest BCUT2D eigenvalue weighted by Gasteiger charge is 2.41. The van der Waals surface area contributed by atoms with Crippen LogP contribution in [0.5, 0.6) is 0 Å². The molecule has 0 aromatic heterocycles. The number of benzene rings is 3. The van der Waals surface area contributed by atoms with Crippen molar-refractivity contribution in [2.45, 2.75) is 96.6 Å². The number of rotatable bonds is 8. The van der Waals surface area contributed by atoms with Crippen LogP contribution in [0.3, 0.4) is 0 Å². The van der Waals surface area contributed by atoms with Gasteiger partial charge in [-0.2, -0.15) is 0 Å². The third kappa shape index (κ3) is 6.68. The van der Waals surface area contributed by atoms with E-state index in [9.17, 15) is 0 Å². The lowest BCUT2D eigenvalue weighted by atomic mass is 9.60. The Balaban J connectivity index is 1.17. The molecule has 4 aliphatic rings. The van der Waals surface area contributed by atoms with Crippen molar-refractivity contribution in [3.8, 4) is 0 Å². The van der Waals surface area contributed by atoms with Crippen LogP contribution in [0.2, 0.25) is 0 Å². The van der Waals surface area contributed by atoms with E-state index in [0.29, 0.717) is 18.0 Å². The smallest absolute Gasteiger partial charge is 0.0560 e. The fraction of sp³-hybridized carbons (Fsp3) is 0.348. The summed E-state index contributed by atoms with van der Waals surface area (Å²) in [6, 6.07) is 28.5. The molecule has 0 heterocycles. The van der Waals surface area contributed by atoms with Gasteiger partial charge in [0.05, 0.1) is 12.1 Å². The lowest BCUT2D eigenvalue weighted by Crippen LogP contribution is -2.39. The summed E-state index contributed by atoms with van der Waals surface area (Å²) in [4.78, 5) is 5.09. The van der Waals surface area contributed by atoms with Gasteiger partial charge in [0, 0.05) is 28.2 Å². The molecule has 0 bridgehead atoms. The van der Waals surface area contributed by atoms with Gasteiger partial charge in [0.1, 0.15) is 0 Å². The van der Waals surface area contributed by atoms with Gasteiger partial charge in [-0.3, -0.25) is 0 Å². The zero-order valence-corrected chi connectivity index (χ0v) is 29.4. The summed E-state index contributed by atoms with van der Waals surface area (Å²) in [7, 11) is 0. The highest BCUT2D eigenvalue weighted by molar-refractivity contribution is 5.66. The first-order valence-corrected chi connectivity index (χ1v) is 18.3. The van der Waals surface area contributed by atoms with Crippen molar-refractivity contribution in [1.82, 2.24) is 0 Å². The largest absolute Gasteiger partial charge is 0.335 e. The summed E-state index contributed by atoms with van der Waals surface area (Å²) >= 11 is 0. The van der Waals surface area contributed by atoms with Crippen LogP contribution in [0.4, 0.5) is 17.1 Å². The van der Waals surface area contributed by atoms with Crippen LogP contribution in [-0.4, -0.2) is 12.1 Å². The van der Waals surface area contributed by atoms with E-state index < -0.39 is 0 Å². The van der Waals surface area contributed by atoms with E-state index in [-0.39, 0.29) is 5.41 Å². The Morgan fingerprint density at radius 2 is 1.00 bits per heavy atom. The monoisotopic (exact) mass is 632 g/mol. The molecule has 1 saturated carbocycles. The number of allylic oxidation sites excluding steroid dienone is 7. The van der Waals surface area contributed by atoms with E-state index in [1.165, 1.54) is 82.7 Å². The molecule has 7 rings (SSSR count). The van der Waals surface area contributed by atoms with Crippen LogP contribution >= 0.6 is 0 Å². The first-order valence-electron chi connectivity index (χ1n) is 18.3. The summed E-state index contributed by atoms with van der Waals surface area (Å²) in [5, 5.41) is 0. The Morgan fingerprint density at radius 1 is 0.500 bits per heavy atom. The van der Waals surface area contributed by atoms with Crippen molar-refractivity contribution in [2.24, 2.45) is 5.92 Å². The van der Waals surface area contributed by atoms with Gasteiger partial charge in [-0.25, -0.2) is 0 Å². The topological polar surface area (TPSA) is 6.48 Å². The number of hydrogen-bond acceptors (Lipinski definition) is 2. The minimum absolute atomic E-state index is 0.174. The number of anilines is 3. The van der Waals surface area contributed by atoms with Gasteiger partial charge in [-0.15, -0.1) is 0 Å². The maximum absolute atomic E-state index is 2.57. The van der Waals surface area contributed by atoms with Crippen LogP contribution in [0.25, 0.3) is 0 Å². The first-order chi connectivity index (χ1) is 23.4. The SMILES string of the molecule is CC1=CCC(N(C2=CCC(C3(c4ccc(N(c5ccc(C)cc5)C5C=CC(C)=CC5)cc4)CCCCC3)C=C2)c2ccc(C)cc2)C=C1. The molecule has 0 amide bonds. The van der Waals surface area contributed by atoms with Crippen LogP contribution in [0.15, 0.2) is 144 Å². The second-order valence-electron chi connectivity index (χ2n) is 14.7. The summed E-state index contributed by atoms with van der Waals surface area (Å²) in [5.41, 5.74) is 12.1. The van der Waals surface area contributed by atoms with Gasteiger partial charge < -0.3 is 9.80 Å². The molecule has 0 N–H and O–H groups in total. The second-order valence-corrected chi connectivity index (χ2v) is 14.7. The Labute approximate surface area is 289 Å². The third-order valence-corrected chi connectivity index (χ3v) is 11.3. The number of nitrogens with zero attached hydrogens (tertiary/aromatic N) is 2. The molecule has 3 aromatic rings. The minimum Gasteiger partial charge on any atom is -0.335 e. The summed E-state index contributed by atoms with van der Waals surface area (Å²) in [6.45, 7) is 8.74. The molecule has 48 heavy (non-hydrogen) atoms. The van der Waals surface area contributed by atoms with Crippen molar-refractivity contribution in [3.63, 3.8) is 0 Å². The number of hydrogen-bond donors (Lipinski definition) is 0. The highest BCUT2D eigenvalue weighted by Crippen LogP contribution is 2.49. The molecule has 3 aromatic carbocycles. The fourth-order valence-electron chi connectivity index (χ4n) is 8.50. The molecule has 0 spiro atoms. The standard InChI is InChI=1S/C46H52N2/c1-34-8-20-40(21-9-34)47(41-22-10-35(2)11-23-41)44-28-16-38(17-29-44)46(32-6-5-7-33-46)39-18-30-45(31-19-39)48(42-24-12-36(3)13-25-42)43-26-14-37(4)15-27-43/h8-18,20-22,24-26,28-31,39,41,43H,5-7,19,23,27,32-33H2,1-4H3. The van der Waals surface area contributed by atoms with E-state index in [2.05, 4.69) is 165 Å². The zero-order chi connectivity index (χ0) is 33.1. The van der Waals surface area contributed by atoms with E-state index in [1.807, 2.05) is 0 Å². The summed E-state index contributed by atoms with van der Waals surface area (Å²) in [6.07, 6.45) is 31.3. The van der Waals surface area contributed by atoms with E-state index in [4.69, 9.17) is 0 Å². The Morgan fingerprint density at radius 3 is 1.48 bits per heavy atom. The molecule has 4 aliphatic carbocycles. The van der Waals surface area contributed by atoms with Crippen LogP contribution in [-0.2, 0) is 5.41 Å². The molecule has 0 aliphatic heterocycles. The predicted octanol–water partition coefficient (Wildman–Crippen LogP) is 12.2. The average Bonchev–Trinajstić information content (AvgIpc) is 3.13. The molecule has 246 valence electrons. The summed E-state index contributed by atoms with van der Waals surface area (Å²) in [5.74, 6) is 0.499. The molecule has 1 fully saturated rings. The third-order valence-electron chi connectivity index (χ3n) is 11.3. The maximum Gasteiger partial charge on any atom is 0.0560 e. The lowest BCUT2D eigenvalue weighted by molar-refractivity contribution is 0.222. The highest BCUT2D eigenvalue weighted by atomic mass is 15.2. The molecule has 3 atom stereocenters. The first kappa shape index (κ1) is 32.3. The van der Waals surface area contributed by atoms with Crippen molar-refractivity contribution < 1.29 is 0 Å². The Hall–Kier alpha value is -4.30. The molecule has 2 nitrogen and oxygen atoms in total. The van der Waals surface area contributed by atoms with Crippen molar-refractivity contribution >= 4 is 17.1 Å². The Bertz CT molecular complexity index is 1750. The number of aryl methyl sites for hydroxylation is 2. The molecular formula is C46H52N2. The molecule has 0 radical (unpaired) electrons. The van der Waals surface area contributed by atoms with Gasteiger partial charge in [0.15, 0.2) is 0 Å². The maximum atomic E-state index is 2.57. The van der Waals surface area contributed by atoms with Gasteiger partial charge in [-0.05, 0) is 114 Å². The normalized spacial score (nSPS) is 23.2. The van der Waals surface area contributed by atoms with E-state index in [0.717, 1.165) is 19.3 Å². The fourth-order valence-corrected chi connectivity index (χ4v) is 8.50. The summed E-state index contributed by atoms with van der Waals surface area (Å²) < 4.78 is 0. The average molecular weight is 633 g/mol. The quantitative estimate of drug-likeness (QED) is 0.244. The van der Waals surface area contributed by atoms with Crippen LogP contribution < -0.4 is 9.80 Å². The molecular weight excluding hydrogens is 581 g/mol. The lowest BCUT2D eigenvalue weighted by Gasteiger charge is -2.45. The van der Waals surface area contributed by atoms with Crippen molar-refractivity contribution in [2.75, 3.05) is 9.80 Å². The van der Waals surface area contributed by atoms with Crippen molar-refractivity contribution in [3.05, 3.63) is 161 Å². The van der Waals surface area contributed by atoms with Crippen LogP contribution in [0, 0.1) is 19.8 Å². The van der Waals surface area contributed by atoms with Gasteiger partial charge >= 0.3 is 0 Å². The zero-order valence-electron chi connectivity index (χ0n) is 29.4. The minimum atomic E-state index is 0.174. The predicted molar refractivity (Wildman–Crippen MR) is 206 cm³/mol. The van der Waals surface area contributed by atoms with Gasteiger partial charge in [0.2, 0.25) is 0 Å². The molecule has 0 saturated heterocycles. The van der Waals surface area contributed by atoms with Gasteiger partial charge in [0.25, 0.3) is 0 Å². The van der Waals surface area contributed by atoms with Crippen LogP contribution in [0.1, 0.15) is 81.9 Å². The Kier molecular flexibility index (Phi) is 9.44. The van der Waals surface area contributed by atoms with Gasteiger partial charge in [-0.1, -0.05) is 127 Å². The second kappa shape index (κ2) is 14.0. The molecule has 3 unspecified atom stereocenters. The molecule has 2 heteroatoms.